The molecule has 0 aromatic carbocycles. The van der Waals surface area contributed by atoms with Gasteiger partial charge >= 0.3 is 0 Å². The topological polar surface area (TPSA) is 58.4 Å². The van der Waals surface area contributed by atoms with Gasteiger partial charge in [0.15, 0.2) is 0 Å². The van der Waals surface area contributed by atoms with Gasteiger partial charge in [-0.2, -0.15) is 0 Å². The molecule has 1 saturated heterocycles. The molecule has 18 heavy (non-hydrogen) atoms. The molecule has 2 fully saturated rings. The minimum Gasteiger partial charge on any atom is -0.392 e. The molecule has 2 aliphatic rings. The van der Waals surface area contributed by atoms with Crippen LogP contribution in [0.2, 0.25) is 0 Å². The van der Waals surface area contributed by atoms with Crippen LogP contribution in [0.5, 0.6) is 0 Å². The highest BCUT2D eigenvalue weighted by molar-refractivity contribution is 7.80. The number of nitrogens with one attached hydrogen (secondary N) is 1. The van der Waals surface area contributed by atoms with Crippen molar-refractivity contribution in [1.82, 2.24) is 10.2 Å². The van der Waals surface area contributed by atoms with Crippen LogP contribution in [-0.4, -0.2) is 41.5 Å². The highest BCUT2D eigenvalue weighted by Crippen LogP contribution is 2.41. The van der Waals surface area contributed by atoms with E-state index in [2.05, 4.69) is 17.1 Å². The van der Waals surface area contributed by atoms with E-state index in [1.165, 1.54) is 12.8 Å². The van der Waals surface area contributed by atoms with Crippen LogP contribution < -0.4 is 11.1 Å². The van der Waals surface area contributed by atoms with Crippen molar-refractivity contribution in [3.63, 3.8) is 0 Å². The molecule has 0 spiro atoms. The first-order valence-electron chi connectivity index (χ1n) is 6.92. The van der Waals surface area contributed by atoms with Gasteiger partial charge in [-0.1, -0.05) is 25.6 Å². The number of amides is 1. The lowest BCUT2D eigenvalue weighted by atomic mass is 9.68. The minimum atomic E-state index is -0.537. The summed E-state index contributed by atoms with van der Waals surface area (Å²) in [6, 6.07) is 0.488. The molecular weight excluding hydrogens is 246 g/mol. The Morgan fingerprint density at radius 2 is 2.22 bits per heavy atom. The van der Waals surface area contributed by atoms with E-state index in [1.54, 1.807) is 0 Å². The molecule has 1 unspecified atom stereocenters. The standard InChI is InChI=1S/C13H23N3OS/c1-2-16-8-3-5-10(16)9-15-12(17)13(11(14)18)6-4-7-13/h10H,2-9H2,1H3,(H2,14,18)(H,15,17). The lowest BCUT2D eigenvalue weighted by molar-refractivity contribution is -0.131. The van der Waals surface area contributed by atoms with Crippen LogP contribution in [0.25, 0.3) is 0 Å². The van der Waals surface area contributed by atoms with Crippen molar-refractivity contribution < 1.29 is 4.79 Å². The number of likely N-dealkylation sites (N-methyl/N-ethyl adjacent to an activating group) is 1. The van der Waals surface area contributed by atoms with E-state index in [9.17, 15) is 4.79 Å². The molecule has 1 atom stereocenters. The zero-order valence-corrected chi connectivity index (χ0v) is 11.9. The van der Waals surface area contributed by atoms with E-state index in [0.717, 1.165) is 38.9 Å². The van der Waals surface area contributed by atoms with Crippen molar-refractivity contribution in [2.24, 2.45) is 11.1 Å². The number of carbonyl (C=O) groups excluding carboxylic acids is 1. The van der Waals surface area contributed by atoms with Crippen LogP contribution in [0.1, 0.15) is 39.0 Å². The lowest BCUT2D eigenvalue weighted by Gasteiger charge is -2.39. The maximum absolute atomic E-state index is 12.2. The Hall–Kier alpha value is -0.680. The molecule has 0 aromatic heterocycles. The van der Waals surface area contributed by atoms with Crippen molar-refractivity contribution >= 4 is 23.1 Å². The van der Waals surface area contributed by atoms with Crippen molar-refractivity contribution in [3.05, 3.63) is 0 Å². The fraction of sp³-hybridized carbons (Fsp3) is 0.846. The number of nitrogens with zero attached hydrogens (tertiary/aromatic N) is 1. The molecule has 3 N–H and O–H groups in total. The molecule has 0 aromatic rings. The maximum atomic E-state index is 12.2. The van der Waals surface area contributed by atoms with Gasteiger partial charge in [0, 0.05) is 12.6 Å². The Kier molecular flexibility index (Phi) is 4.22. The molecule has 0 bridgehead atoms. The van der Waals surface area contributed by atoms with Gasteiger partial charge in [-0.05, 0) is 38.8 Å². The monoisotopic (exact) mass is 269 g/mol. The van der Waals surface area contributed by atoms with Crippen molar-refractivity contribution in [1.29, 1.82) is 0 Å². The third kappa shape index (κ3) is 2.38. The Balaban J connectivity index is 1.86. The molecule has 1 aliphatic carbocycles. The highest BCUT2D eigenvalue weighted by Gasteiger charge is 2.47. The van der Waals surface area contributed by atoms with Gasteiger partial charge in [-0.25, -0.2) is 0 Å². The molecule has 2 rings (SSSR count). The van der Waals surface area contributed by atoms with E-state index in [1.807, 2.05) is 0 Å². The summed E-state index contributed by atoms with van der Waals surface area (Å²) in [6.45, 7) is 5.11. The summed E-state index contributed by atoms with van der Waals surface area (Å²) < 4.78 is 0. The van der Waals surface area contributed by atoms with Gasteiger partial charge in [0.05, 0.1) is 10.4 Å². The molecule has 1 aliphatic heterocycles. The van der Waals surface area contributed by atoms with Gasteiger partial charge < -0.3 is 11.1 Å². The summed E-state index contributed by atoms with van der Waals surface area (Å²) in [7, 11) is 0. The summed E-state index contributed by atoms with van der Waals surface area (Å²) in [5.74, 6) is 0.0456. The zero-order chi connectivity index (χ0) is 13.2. The molecule has 102 valence electrons. The van der Waals surface area contributed by atoms with Gasteiger partial charge in [-0.3, -0.25) is 9.69 Å². The summed E-state index contributed by atoms with van der Waals surface area (Å²) in [4.78, 5) is 15.0. The van der Waals surface area contributed by atoms with Gasteiger partial charge in [0.25, 0.3) is 0 Å². The predicted molar refractivity (Wildman–Crippen MR) is 76.3 cm³/mol. The zero-order valence-electron chi connectivity index (χ0n) is 11.1. The number of rotatable bonds is 5. The van der Waals surface area contributed by atoms with Crippen LogP contribution in [0.4, 0.5) is 0 Å². The second-order valence-corrected chi connectivity index (χ2v) is 5.87. The minimum absolute atomic E-state index is 0.0456. The fourth-order valence-corrected chi connectivity index (χ4v) is 3.33. The van der Waals surface area contributed by atoms with Crippen LogP contribution in [0.3, 0.4) is 0 Å². The predicted octanol–water partition coefficient (Wildman–Crippen LogP) is 1.04. The summed E-state index contributed by atoms with van der Waals surface area (Å²) in [5.41, 5.74) is 5.19. The van der Waals surface area contributed by atoms with E-state index >= 15 is 0 Å². The summed E-state index contributed by atoms with van der Waals surface area (Å²) >= 11 is 5.06. The fourth-order valence-electron chi connectivity index (χ4n) is 3.04. The van der Waals surface area contributed by atoms with Crippen LogP contribution in [0, 0.1) is 5.41 Å². The Morgan fingerprint density at radius 3 is 2.72 bits per heavy atom. The number of nitrogens with two attached hydrogens (primary N) is 1. The molecule has 1 heterocycles. The van der Waals surface area contributed by atoms with E-state index in [4.69, 9.17) is 18.0 Å². The molecule has 5 heteroatoms. The van der Waals surface area contributed by atoms with Crippen molar-refractivity contribution in [3.8, 4) is 0 Å². The molecule has 1 saturated carbocycles. The number of thiocarbonyl (C=S) groups is 1. The first-order valence-corrected chi connectivity index (χ1v) is 7.33. The Labute approximate surface area is 114 Å². The van der Waals surface area contributed by atoms with Gasteiger partial charge in [-0.15, -0.1) is 0 Å². The third-order valence-electron chi connectivity index (χ3n) is 4.52. The lowest BCUT2D eigenvalue weighted by Crippen LogP contribution is -2.54. The Morgan fingerprint density at radius 1 is 1.50 bits per heavy atom. The average molecular weight is 269 g/mol. The first kappa shape index (κ1) is 13.7. The summed E-state index contributed by atoms with van der Waals surface area (Å²) in [6.07, 6.45) is 5.09. The number of hydrogen-bond acceptors (Lipinski definition) is 3. The Bertz CT molecular complexity index is 341. The highest BCUT2D eigenvalue weighted by atomic mass is 32.1. The maximum Gasteiger partial charge on any atom is 0.233 e. The van der Waals surface area contributed by atoms with Gasteiger partial charge in [0.2, 0.25) is 5.91 Å². The average Bonchev–Trinajstić information content (AvgIpc) is 2.71. The SMILES string of the molecule is CCN1CCCC1CNC(=O)C1(C(N)=S)CCC1. The van der Waals surface area contributed by atoms with Crippen LogP contribution >= 0.6 is 12.2 Å². The molecule has 1 amide bonds. The normalized spacial score (nSPS) is 26.6. The smallest absolute Gasteiger partial charge is 0.233 e. The third-order valence-corrected chi connectivity index (χ3v) is 4.91. The van der Waals surface area contributed by atoms with E-state index in [0.29, 0.717) is 11.0 Å². The van der Waals surface area contributed by atoms with Gasteiger partial charge in [0.1, 0.15) is 0 Å². The van der Waals surface area contributed by atoms with E-state index < -0.39 is 5.41 Å². The van der Waals surface area contributed by atoms with Crippen LogP contribution in [-0.2, 0) is 4.79 Å². The number of hydrogen-bond donors (Lipinski definition) is 2. The summed E-state index contributed by atoms with van der Waals surface area (Å²) in [5, 5.41) is 3.06. The van der Waals surface area contributed by atoms with E-state index in [-0.39, 0.29) is 5.91 Å². The number of carbonyl (C=O) groups is 1. The van der Waals surface area contributed by atoms with Crippen molar-refractivity contribution in [2.75, 3.05) is 19.6 Å². The first-order chi connectivity index (χ1) is 8.60. The molecule has 0 radical (unpaired) electrons. The largest absolute Gasteiger partial charge is 0.392 e. The molecule has 4 nitrogen and oxygen atoms in total. The second-order valence-electron chi connectivity index (χ2n) is 5.43. The molecular formula is C13H23N3OS. The number of likely N-dealkylation sites (tertiary alicyclic amines) is 1. The van der Waals surface area contributed by atoms with Crippen molar-refractivity contribution in [2.45, 2.75) is 45.1 Å². The quantitative estimate of drug-likeness (QED) is 0.732. The second kappa shape index (κ2) is 5.53. The van der Waals surface area contributed by atoms with Crippen LogP contribution in [0.15, 0.2) is 0 Å².